The number of morpholine rings is 1. The third kappa shape index (κ3) is 2.74. The lowest BCUT2D eigenvalue weighted by molar-refractivity contribution is 0.0386. The molecule has 0 aromatic carbocycles. The molecule has 1 saturated heterocycles. The first-order chi connectivity index (χ1) is 10.2. The summed E-state index contributed by atoms with van der Waals surface area (Å²) >= 11 is 1.54. The predicted molar refractivity (Wildman–Crippen MR) is 86.3 cm³/mol. The number of carbonyl (C=O) groups is 1. The van der Waals surface area contributed by atoms with E-state index < -0.39 is 0 Å². The highest BCUT2D eigenvalue weighted by Gasteiger charge is 2.35. The zero-order valence-electron chi connectivity index (χ0n) is 12.6. The fourth-order valence-corrected chi connectivity index (χ4v) is 4.17. The molecular weight excluding hydrogens is 286 g/mol. The first-order valence-electron chi connectivity index (χ1n) is 7.66. The van der Waals surface area contributed by atoms with E-state index in [4.69, 9.17) is 10.5 Å². The van der Waals surface area contributed by atoms with Gasteiger partial charge in [-0.05, 0) is 25.2 Å². The van der Waals surface area contributed by atoms with Crippen LogP contribution < -0.4 is 16.0 Å². The molecular formula is C15H23N3O2S. The summed E-state index contributed by atoms with van der Waals surface area (Å²) in [6.45, 7) is 4.66. The molecule has 3 N–H and O–H groups in total. The van der Waals surface area contributed by atoms with Crippen LogP contribution in [-0.4, -0.2) is 38.8 Å². The number of thiophene rings is 1. The lowest BCUT2D eigenvalue weighted by atomic mass is 10.1. The van der Waals surface area contributed by atoms with E-state index in [1.165, 1.54) is 34.7 Å². The summed E-state index contributed by atoms with van der Waals surface area (Å²) < 4.78 is 5.75. The van der Waals surface area contributed by atoms with Crippen LogP contribution >= 0.6 is 11.3 Å². The molecule has 5 nitrogen and oxygen atoms in total. The molecule has 1 aliphatic heterocycles. The molecule has 0 spiro atoms. The Bertz CT molecular complexity index is 539. The smallest absolute Gasteiger partial charge is 0.263 e. The third-order valence-corrected chi connectivity index (χ3v) is 5.55. The van der Waals surface area contributed by atoms with Crippen molar-refractivity contribution in [3.05, 3.63) is 10.4 Å². The van der Waals surface area contributed by atoms with Crippen molar-refractivity contribution in [2.45, 2.75) is 38.2 Å². The Balaban J connectivity index is 1.95. The van der Waals surface area contributed by atoms with Crippen molar-refractivity contribution in [3.63, 3.8) is 0 Å². The van der Waals surface area contributed by atoms with Crippen molar-refractivity contribution in [1.82, 2.24) is 5.32 Å². The average Bonchev–Trinajstić information content (AvgIpc) is 3.29. The van der Waals surface area contributed by atoms with Gasteiger partial charge >= 0.3 is 0 Å². The van der Waals surface area contributed by atoms with Crippen molar-refractivity contribution in [1.29, 1.82) is 0 Å². The second kappa shape index (κ2) is 5.85. The van der Waals surface area contributed by atoms with Crippen molar-refractivity contribution < 1.29 is 9.53 Å². The van der Waals surface area contributed by atoms with Gasteiger partial charge in [-0.25, -0.2) is 0 Å². The lowest BCUT2D eigenvalue weighted by Gasteiger charge is -2.34. The van der Waals surface area contributed by atoms with Crippen LogP contribution in [0.2, 0.25) is 0 Å². The minimum Gasteiger partial charge on any atom is -0.397 e. The highest BCUT2D eigenvalue weighted by Crippen LogP contribution is 2.52. The average molecular weight is 309 g/mol. The zero-order chi connectivity index (χ0) is 15.0. The van der Waals surface area contributed by atoms with Crippen LogP contribution in [0.15, 0.2) is 0 Å². The minimum atomic E-state index is -0.0778. The van der Waals surface area contributed by atoms with Crippen LogP contribution in [-0.2, 0) is 4.74 Å². The summed E-state index contributed by atoms with van der Waals surface area (Å²) in [6, 6.07) is 0. The van der Waals surface area contributed by atoms with Gasteiger partial charge < -0.3 is 20.7 Å². The standard InChI is InChI=1S/C15H23N3O2S/c1-3-10-8-18(6-7-20-10)15-11(9-4-5-9)12(16)13(21-15)14(19)17-2/h9-10H,3-8,16H2,1-2H3,(H,17,19). The number of nitrogens with two attached hydrogens (primary N) is 1. The molecule has 1 aliphatic carbocycles. The van der Waals surface area contributed by atoms with Gasteiger partial charge in [0.1, 0.15) is 4.88 Å². The second-order valence-corrected chi connectivity index (χ2v) is 6.76. The normalized spacial score (nSPS) is 22.4. The maximum Gasteiger partial charge on any atom is 0.263 e. The molecule has 21 heavy (non-hydrogen) atoms. The van der Waals surface area contributed by atoms with E-state index in [9.17, 15) is 4.79 Å². The maximum atomic E-state index is 12.0. The highest BCUT2D eigenvalue weighted by molar-refractivity contribution is 7.18. The van der Waals surface area contributed by atoms with Crippen molar-refractivity contribution in [3.8, 4) is 0 Å². The molecule has 116 valence electrons. The van der Waals surface area contributed by atoms with E-state index in [1.54, 1.807) is 7.05 Å². The van der Waals surface area contributed by atoms with E-state index in [0.717, 1.165) is 26.1 Å². The topological polar surface area (TPSA) is 67.6 Å². The van der Waals surface area contributed by atoms with Gasteiger partial charge in [0, 0.05) is 25.7 Å². The molecule has 3 rings (SSSR count). The largest absolute Gasteiger partial charge is 0.397 e. The van der Waals surface area contributed by atoms with E-state index in [-0.39, 0.29) is 12.0 Å². The number of nitrogens with zero attached hydrogens (tertiary/aromatic N) is 1. The van der Waals surface area contributed by atoms with Crippen molar-refractivity contribution in [2.75, 3.05) is 37.4 Å². The van der Waals surface area contributed by atoms with Gasteiger partial charge in [0.2, 0.25) is 0 Å². The number of carbonyl (C=O) groups excluding carboxylic acids is 1. The molecule has 6 heteroatoms. The third-order valence-electron chi connectivity index (χ3n) is 4.26. The first-order valence-corrected chi connectivity index (χ1v) is 8.48. The highest BCUT2D eigenvalue weighted by atomic mass is 32.1. The van der Waals surface area contributed by atoms with Gasteiger partial charge in [-0.15, -0.1) is 11.3 Å². The fraction of sp³-hybridized carbons (Fsp3) is 0.667. The number of ether oxygens (including phenoxy) is 1. The van der Waals surface area contributed by atoms with Gasteiger partial charge in [-0.3, -0.25) is 4.79 Å². The Morgan fingerprint density at radius 3 is 2.90 bits per heavy atom. The molecule has 1 aromatic heterocycles. The number of rotatable bonds is 4. The van der Waals surface area contributed by atoms with E-state index in [0.29, 0.717) is 16.5 Å². The van der Waals surface area contributed by atoms with Crippen LogP contribution in [0, 0.1) is 0 Å². The summed E-state index contributed by atoms with van der Waals surface area (Å²) in [4.78, 5) is 15.0. The van der Waals surface area contributed by atoms with Crippen LogP contribution in [0.1, 0.15) is 47.3 Å². The van der Waals surface area contributed by atoms with E-state index >= 15 is 0 Å². The summed E-state index contributed by atoms with van der Waals surface area (Å²) in [7, 11) is 1.65. The molecule has 1 saturated carbocycles. The summed E-state index contributed by atoms with van der Waals surface area (Å²) in [5, 5.41) is 3.88. The molecule has 1 unspecified atom stereocenters. The molecule has 0 bridgehead atoms. The van der Waals surface area contributed by atoms with Crippen LogP contribution in [0.5, 0.6) is 0 Å². The number of amides is 1. The fourth-order valence-electron chi connectivity index (χ4n) is 2.88. The second-order valence-electron chi connectivity index (χ2n) is 5.76. The monoisotopic (exact) mass is 309 g/mol. The quantitative estimate of drug-likeness (QED) is 0.894. The molecule has 2 fully saturated rings. The van der Waals surface area contributed by atoms with Crippen LogP contribution in [0.3, 0.4) is 0 Å². The Hall–Kier alpha value is -1.27. The van der Waals surface area contributed by atoms with Gasteiger partial charge in [-0.2, -0.15) is 0 Å². The summed E-state index contributed by atoms with van der Waals surface area (Å²) in [5.74, 6) is 0.462. The maximum absolute atomic E-state index is 12.0. The van der Waals surface area contributed by atoms with Crippen LogP contribution in [0.4, 0.5) is 10.7 Å². The molecule has 0 radical (unpaired) electrons. The van der Waals surface area contributed by atoms with E-state index in [2.05, 4.69) is 17.1 Å². The summed E-state index contributed by atoms with van der Waals surface area (Å²) in [6.07, 6.45) is 3.65. The molecule has 1 atom stereocenters. The lowest BCUT2D eigenvalue weighted by Crippen LogP contribution is -2.42. The Morgan fingerprint density at radius 1 is 1.52 bits per heavy atom. The van der Waals surface area contributed by atoms with Gasteiger partial charge in [-0.1, -0.05) is 6.92 Å². The Kier molecular flexibility index (Phi) is 4.08. The molecule has 2 aliphatic rings. The molecule has 2 heterocycles. The number of nitrogen functional groups attached to an aromatic ring is 1. The Labute approximate surface area is 129 Å². The van der Waals surface area contributed by atoms with Gasteiger partial charge in [0.25, 0.3) is 5.91 Å². The van der Waals surface area contributed by atoms with Crippen molar-refractivity contribution in [2.24, 2.45) is 0 Å². The SMILES string of the molecule is CCC1CN(c2sc(C(=O)NC)c(N)c2C2CC2)CCO1. The minimum absolute atomic E-state index is 0.0778. The van der Waals surface area contributed by atoms with Gasteiger partial charge in [0.05, 0.1) is 23.4 Å². The van der Waals surface area contributed by atoms with Crippen LogP contribution in [0.25, 0.3) is 0 Å². The first kappa shape index (κ1) is 14.7. The number of hydrogen-bond acceptors (Lipinski definition) is 5. The van der Waals surface area contributed by atoms with Gasteiger partial charge in [0.15, 0.2) is 0 Å². The van der Waals surface area contributed by atoms with Crippen molar-refractivity contribution >= 4 is 27.9 Å². The Morgan fingerprint density at radius 2 is 2.29 bits per heavy atom. The van der Waals surface area contributed by atoms with E-state index in [1.807, 2.05) is 0 Å². The number of hydrogen-bond donors (Lipinski definition) is 2. The molecule has 1 amide bonds. The molecule has 1 aromatic rings. The summed E-state index contributed by atoms with van der Waals surface area (Å²) in [5.41, 5.74) is 8.18. The number of nitrogens with one attached hydrogen (secondary N) is 1. The number of anilines is 2. The zero-order valence-corrected chi connectivity index (χ0v) is 13.5. The predicted octanol–water partition coefficient (Wildman–Crippen LogP) is 2.18.